The number of aryl methyl sites for hydroxylation is 1. The first kappa shape index (κ1) is 22.6. The lowest BCUT2D eigenvalue weighted by Crippen LogP contribution is -2.38. The average molecular weight is 446 g/mol. The Morgan fingerprint density at radius 2 is 1.79 bits per heavy atom. The molecule has 0 amide bonds. The summed E-state index contributed by atoms with van der Waals surface area (Å²) in [6, 6.07) is 15.3. The highest BCUT2D eigenvalue weighted by Gasteiger charge is 2.42. The van der Waals surface area contributed by atoms with E-state index in [9.17, 15) is 14.7 Å². The van der Waals surface area contributed by atoms with Crippen molar-refractivity contribution in [3.8, 4) is 0 Å². The maximum Gasteiger partial charge on any atom is 0.335 e. The predicted molar refractivity (Wildman–Crippen MR) is 124 cm³/mol. The lowest BCUT2D eigenvalue weighted by Gasteiger charge is -2.23. The highest BCUT2D eigenvalue weighted by Crippen LogP contribution is 2.33. The monoisotopic (exact) mass is 445 g/mol. The zero-order chi connectivity index (χ0) is 23.3. The van der Waals surface area contributed by atoms with Crippen molar-refractivity contribution < 1.29 is 19.4 Å². The van der Waals surface area contributed by atoms with Crippen molar-refractivity contribution in [2.75, 3.05) is 6.61 Å². The van der Waals surface area contributed by atoms with Crippen LogP contribution in [-0.2, 0) is 16.1 Å². The molecule has 33 heavy (non-hydrogen) atoms. The van der Waals surface area contributed by atoms with Gasteiger partial charge in [0.1, 0.15) is 6.33 Å². The van der Waals surface area contributed by atoms with E-state index in [-0.39, 0.29) is 12.4 Å². The summed E-state index contributed by atoms with van der Waals surface area (Å²) in [6.45, 7) is 2.67. The van der Waals surface area contributed by atoms with Crippen LogP contribution in [0, 0.1) is 6.92 Å². The summed E-state index contributed by atoms with van der Waals surface area (Å²) in [5.41, 5.74) is 2.61. The third-order valence-corrected chi connectivity index (χ3v) is 6.01. The van der Waals surface area contributed by atoms with E-state index in [2.05, 4.69) is 10.1 Å². The molecule has 1 aliphatic carbocycles. The second kappa shape index (κ2) is 9.92. The lowest BCUT2D eigenvalue weighted by molar-refractivity contribution is -0.163. The molecule has 0 aliphatic heterocycles. The molecule has 0 spiro atoms. The second-order valence-electron chi connectivity index (χ2n) is 8.40. The number of aromatic nitrogens is 3. The lowest BCUT2D eigenvalue weighted by atomic mass is 10.0. The molecular formula is C26H27N3O4. The summed E-state index contributed by atoms with van der Waals surface area (Å²) in [5, 5.41) is 13.7. The summed E-state index contributed by atoms with van der Waals surface area (Å²) >= 11 is 0. The molecule has 7 heteroatoms. The van der Waals surface area contributed by atoms with E-state index >= 15 is 0 Å². The fraction of sp³-hybridized carbons (Fsp3) is 0.308. The molecule has 1 N–H and O–H groups in total. The smallest absolute Gasteiger partial charge is 0.335 e. The van der Waals surface area contributed by atoms with E-state index in [0.717, 1.165) is 29.5 Å². The third kappa shape index (κ3) is 5.26. The highest BCUT2D eigenvalue weighted by atomic mass is 16.5. The number of carboxylic acid groups (broad SMARTS) is 1. The Hall–Kier alpha value is -3.58. The zero-order valence-corrected chi connectivity index (χ0v) is 18.6. The summed E-state index contributed by atoms with van der Waals surface area (Å²) in [4.78, 5) is 28.5. The largest absolute Gasteiger partial charge is 0.479 e. The topological polar surface area (TPSA) is 94.3 Å². The SMILES string of the molecule is Cc1ccc(C(=O)c2ncnn2Cc2ccc(C=CCOC3(C(=O)O)CCCC3)cc2)cc1. The van der Waals surface area contributed by atoms with Gasteiger partial charge in [0, 0.05) is 5.56 Å². The number of hydrogen-bond donors (Lipinski definition) is 1. The molecule has 1 heterocycles. The molecule has 7 nitrogen and oxygen atoms in total. The van der Waals surface area contributed by atoms with Gasteiger partial charge in [-0.1, -0.05) is 66.2 Å². The third-order valence-electron chi connectivity index (χ3n) is 6.01. The van der Waals surface area contributed by atoms with E-state index in [1.165, 1.54) is 6.33 Å². The first-order valence-electron chi connectivity index (χ1n) is 11.1. The first-order chi connectivity index (χ1) is 16.0. The van der Waals surface area contributed by atoms with Crippen molar-refractivity contribution in [1.82, 2.24) is 14.8 Å². The Bertz CT molecular complexity index is 1140. The Labute approximate surface area is 192 Å². The van der Waals surface area contributed by atoms with Gasteiger partial charge in [0.25, 0.3) is 0 Å². The van der Waals surface area contributed by atoms with Crippen LogP contribution in [0.15, 0.2) is 60.9 Å². The molecule has 0 saturated heterocycles. The molecule has 4 rings (SSSR count). The summed E-state index contributed by atoms with van der Waals surface area (Å²) in [6.07, 6.45) is 8.07. The molecule has 1 aliphatic rings. The van der Waals surface area contributed by atoms with Crippen molar-refractivity contribution in [2.24, 2.45) is 0 Å². The average Bonchev–Trinajstić information content (AvgIpc) is 3.48. The predicted octanol–water partition coefficient (Wildman–Crippen LogP) is 4.29. The minimum Gasteiger partial charge on any atom is -0.479 e. The van der Waals surface area contributed by atoms with E-state index in [1.807, 2.05) is 55.5 Å². The van der Waals surface area contributed by atoms with Crippen molar-refractivity contribution in [3.63, 3.8) is 0 Å². The molecule has 170 valence electrons. The summed E-state index contributed by atoms with van der Waals surface area (Å²) in [7, 11) is 0. The van der Waals surface area contributed by atoms with E-state index in [4.69, 9.17) is 4.74 Å². The van der Waals surface area contributed by atoms with Crippen LogP contribution in [0.4, 0.5) is 0 Å². The molecule has 0 bridgehead atoms. The second-order valence-corrected chi connectivity index (χ2v) is 8.40. The molecule has 0 radical (unpaired) electrons. The summed E-state index contributed by atoms with van der Waals surface area (Å²) in [5.74, 6) is -0.723. The van der Waals surface area contributed by atoms with Gasteiger partial charge in [0.15, 0.2) is 11.4 Å². The Morgan fingerprint density at radius 1 is 1.09 bits per heavy atom. The number of aliphatic carboxylic acids is 1. The molecule has 0 atom stereocenters. The normalized spacial score (nSPS) is 15.2. The molecule has 2 aromatic carbocycles. The number of nitrogens with zero attached hydrogens (tertiary/aromatic N) is 3. The molecule has 1 aromatic heterocycles. The van der Waals surface area contributed by atoms with Gasteiger partial charge in [-0.2, -0.15) is 5.10 Å². The van der Waals surface area contributed by atoms with Gasteiger partial charge in [-0.15, -0.1) is 0 Å². The Morgan fingerprint density at radius 3 is 2.45 bits per heavy atom. The van der Waals surface area contributed by atoms with Crippen LogP contribution in [0.2, 0.25) is 0 Å². The van der Waals surface area contributed by atoms with E-state index < -0.39 is 11.6 Å². The number of hydrogen-bond acceptors (Lipinski definition) is 5. The van der Waals surface area contributed by atoms with Gasteiger partial charge in [-0.3, -0.25) is 4.79 Å². The maximum atomic E-state index is 12.8. The summed E-state index contributed by atoms with van der Waals surface area (Å²) < 4.78 is 7.31. The molecule has 3 aromatic rings. The Balaban J connectivity index is 1.36. The highest BCUT2D eigenvalue weighted by molar-refractivity contribution is 6.06. The quantitative estimate of drug-likeness (QED) is 0.494. The minimum absolute atomic E-state index is 0.159. The molecular weight excluding hydrogens is 418 g/mol. The van der Waals surface area contributed by atoms with Crippen LogP contribution < -0.4 is 0 Å². The van der Waals surface area contributed by atoms with E-state index in [1.54, 1.807) is 16.8 Å². The van der Waals surface area contributed by atoms with Gasteiger partial charge in [-0.25, -0.2) is 14.5 Å². The van der Waals surface area contributed by atoms with Gasteiger partial charge in [-0.05, 0) is 43.7 Å². The van der Waals surface area contributed by atoms with E-state index in [0.29, 0.717) is 30.8 Å². The van der Waals surface area contributed by atoms with Crippen LogP contribution in [0.25, 0.3) is 6.08 Å². The maximum absolute atomic E-state index is 12.8. The van der Waals surface area contributed by atoms with Gasteiger partial charge >= 0.3 is 5.97 Å². The molecule has 0 unspecified atom stereocenters. The van der Waals surface area contributed by atoms with Crippen molar-refractivity contribution >= 4 is 17.8 Å². The number of rotatable bonds is 9. The van der Waals surface area contributed by atoms with Gasteiger partial charge in [0.05, 0.1) is 13.2 Å². The number of carboxylic acids is 1. The number of ketones is 1. The van der Waals surface area contributed by atoms with Gasteiger partial charge < -0.3 is 9.84 Å². The van der Waals surface area contributed by atoms with Crippen molar-refractivity contribution in [1.29, 1.82) is 0 Å². The minimum atomic E-state index is -1.03. The fourth-order valence-corrected chi connectivity index (χ4v) is 4.05. The van der Waals surface area contributed by atoms with Gasteiger partial charge in [0.2, 0.25) is 5.78 Å². The number of carbonyl (C=O) groups is 2. The molecule has 1 saturated carbocycles. The number of benzene rings is 2. The molecule has 1 fully saturated rings. The van der Waals surface area contributed by atoms with Crippen molar-refractivity contribution in [3.05, 3.63) is 89.0 Å². The zero-order valence-electron chi connectivity index (χ0n) is 18.6. The van der Waals surface area contributed by atoms with Crippen LogP contribution in [0.5, 0.6) is 0 Å². The standard InChI is InChI=1S/C26H27N3O4/c1-19-6-12-22(13-7-19)23(30)24-27-18-28-29(24)17-21-10-8-20(9-11-21)5-4-16-33-26(25(31)32)14-2-3-15-26/h4-13,18H,2-3,14-17H2,1H3,(H,31,32). The van der Waals surface area contributed by atoms with Crippen LogP contribution in [0.3, 0.4) is 0 Å². The van der Waals surface area contributed by atoms with Crippen LogP contribution in [-0.4, -0.2) is 43.8 Å². The first-order valence-corrected chi connectivity index (χ1v) is 11.1. The fourth-order valence-electron chi connectivity index (χ4n) is 4.05. The van der Waals surface area contributed by atoms with Crippen LogP contribution in [0.1, 0.15) is 58.6 Å². The number of carbonyl (C=O) groups excluding carboxylic acids is 1. The number of ether oxygens (including phenoxy) is 1. The Kier molecular flexibility index (Phi) is 6.79. The van der Waals surface area contributed by atoms with Crippen molar-refractivity contribution in [2.45, 2.75) is 44.8 Å². The van der Waals surface area contributed by atoms with Crippen LogP contribution >= 0.6 is 0 Å².